The molecule has 1 aromatic carbocycles. The summed E-state index contributed by atoms with van der Waals surface area (Å²) in [6.07, 6.45) is 2.47. The van der Waals surface area contributed by atoms with Crippen LogP contribution < -0.4 is 5.32 Å². The maximum atomic E-state index is 15.3. The van der Waals surface area contributed by atoms with Crippen molar-refractivity contribution in [3.8, 4) is 0 Å². The molecule has 0 bridgehead atoms. The Labute approximate surface area is 193 Å². The number of morpholine rings is 1. The zero-order valence-corrected chi connectivity index (χ0v) is 18.6. The van der Waals surface area contributed by atoms with E-state index >= 15 is 8.78 Å². The van der Waals surface area contributed by atoms with E-state index in [-0.39, 0.29) is 5.82 Å². The van der Waals surface area contributed by atoms with Crippen molar-refractivity contribution < 1.29 is 17.9 Å². The van der Waals surface area contributed by atoms with Gasteiger partial charge in [0.1, 0.15) is 11.3 Å². The molecule has 4 aromatic rings. The first-order valence-corrected chi connectivity index (χ1v) is 11.0. The van der Waals surface area contributed by atoms with E-state index < -0.39 is 23.1 Å². The highest BCUT2D eigenvalue weighted by molar-refractivity contribution is 5.73. The lowest BCUT2D eigenvalue weighted by atomic mass is 10.1. The topological polar surface area (TPSA) is 83.4 Å². The molecule has 0 saturated carbocycles. The predicted molar refractivity (Wildman–Crippen MR) is 120 cm³/mol. The summed E-state index contributed by atoms with van der Waals surface area (Å²) in [5.41, 5.74) is 1.92. The van der Waals surface area contributed by atoms with Crippen LogP contribution in [0.5, 0.6) is 0 Å². The van der Waals surface area contributed by atoms with E-state index in [4.69, 9.17) is 4.74 Å². The van der Waals surface area contributed by atoms with E-state index in [1.165, 1.54) is 4.52 Å². The molecule has 0 aliphatic carbocycles. The second-order valence-corrected chi connectivity index (χ2v) is 8.31. The SMILES string of the molecule is Cc1cc(Nc2nc(C(F)(F)c3ccc(F)cc3)nn3cc(CCN4CCOCC4)cc23)n[nH]1. The normalized spacial score (nSPS) is 15.2. The number of hydrogen-bond donors (Lipinski definition) is 2. The Morgan fingerprint density at radius 2 is 1.91 bits per heavy atom. The summed E-state index contributed by atoms with van der Waals surface area (Å²) >= 11 is 0. The minimum Gasteiger partial charge on any atom is -0.379 e. The molecule has 2 N–H and O–H groups in total. The van der Waals surface area contributed by atoms with Gasteiger partial charge in [0.15, 0.2) is 11.6 Å². The molecule has 11 heteroatoms. The number of fused-ring (bicyclic) bond motifs is 1. The Balaban J connectivity index is 1.51. The molecule has 178 valence electrons. The van der Waals surface area contributed by atoms with Crippen molar-refractivity contribution in [2.45, 2.75) is 19.3 Å². The fraction of sp³-hybridized carbons (Fsp3) is 0.348. The monoisotopic (exact) mass is 471 g/mol. The van der Waals surface area contributed by atoms with Crippen molar-refractivity contribution in [1.29, 1.82) is 0 Å². The Morgan fingerprint density at radius 1 is 1.15 bits per heavy atom. The van der Waals surface area contributed by atoms with Gasteiger partial charge in [-0.2, -0.15) is 13.9 Å². The van der Waals surface area contributed by atoms with Gasteiger partial charge in [-0.15, -0.1) is 5.10 Å². The number of halogens is 3. The highest BCUT2D eigenvalue weighted by Crippen LogP contribution is 2.35. The van der Waals surface area contributed by atoms with Gasteiger partial charge < -0.3 is 10.1 Å². The maximum absolute atomic E-state index is 15.3. The number of aromatic nitrogens is 5. The molecular formula is C23H24F3N7O. The Bertz CT molecular complexity index is 1280. The molecule has 4 heterocycles. The summed E-state index contributed by atoms with van der Waals surface area (Å²) in [4.78, 5) is 6.47. The molecule has 0 spiro atoms. The van der Waals surface area contributed by atoms with Crippen LogP contribution in [0, 0.1) is 12.7 Å². The van der Waals surface area contributed by atoms with Gasteiger partial charge >= 0.3 is 5.92 Å². The van der Waals surface area contributed by atoms with Crippen molar-refractivity contribution in [2.24, 2.45) is 0 Å². The summed E-state index contributed by atoms with van der Waals surface area (Å²) < 4.78 is 50.8. The Morgan fingerprint density at radius 3 is 2.62 bits per heavy atom. The smallest absolute Gasteiger partial charge is 0.333 e. The van der Waals surface area contributed by atoms with Gasteiger partial charge in [-0.3, -0.25) is 10.00 Å². The molecule has 0 amide bonds. The minimum atomic E-state index is -3.53. The van der Waals surface area contributed by atoms with Crippen LogP contribution in [0.2, 0.25) is 0 Å². The molecule has 1 saturated heterocycles. The average molecular weight is 471 g/mol. The zero-order chi connectivity index (χ0) is 23.7. The summed E-state index contributed by atoms with van der Waals surface area (Å²) in [6.45, 7) is 5.82. The number of ether oxygens (including phenoxy) is 1. The number of benzene rings is 1. The van der Waals surface area contributed by atoms with Crippen molar-refractivity contribution in [3.63, 3.8) is 0 Å². The Hall–Kier alpha value is -3.44. The lowest BCUT2D eigenvalue weighted by Crippen LogP contribution is -2.37. The van der Waals surface area contributed by atoms with Crippen LogP contribution in [0.3, 0.4) is 0 Å². The highest BCUT2D eigenvalue weighted by atomic mass is 19.3. The third-order valence-corrected chi connectivity index (χ3v) is 5.78. The number of hydrogen-bond acceptors (Lipinski definition) is 6. The molecule has 1 fully saturated rings. The molecule has 8 nitrogen and oxygen atoms in total. The number of nitrogens with one attached hydrogen (secondary N) is 2. The number of alkyl halides is 2. The zero-order valence-electron chi connectivity index (χ0n) is 18.6. The third kappa shape index (κ3) is 4.62. The lowest BCUT2D eigenvalue weighted by Gasteiger charge is -2.26. The molecule has 3 aromatic heterocycles. The van der Waals surface area contributed by atoms with Crippen LogP contribution in [0.25, 0.3) is 5.52 Å². The number of rotatable bonds is 7. The second kappa shape index (κ2) is 9.07. The number of aromatic amines is 1. The standard InChI is InChI=1S/C23H24F3N7O/c1-15-12-20(30-29-15)27-21-19-13-16(6-7-32-8-10-34-11-9-32)14-33(19)31-22(28-21)23(25,26)17-2-4-18(24)5-3-17/h2-5,12-14H,6-11H2,1H3,(H2,27,28,29,30,31). The molecule has 0 radical (unpaired) electrons. The van der Waals surface area contributed by atoms with Crippen molar-refractivity contribution in [2.75, 3.05) is 38.2 Å². The lowest BCUT2D eigenvalue weighted by molar-refractivity contribution is 0.0315. The first kappa shape index (κ1) is 22.4. The molecule has 1 aliphatic heterocycles. The van der Waals surface area contributed by atoms with Crippen LogP contribution in [0.1, 0.15) is 22.6 Å². The first-order valence-electron chi connectivity index (χ1n) is 11.0. The van der Waals surface area contributed by atoms with Crippen molar-refractivity contribution >= 4 is 17.2 Å². The summed E-state index contributed by atoms with van der Waals surface area (Å²) in [6, 6.07) is 7.70. The molecule has 34 heavy (non-hydrogen) atoms. The van der Waals surface area contributed by atoms with Crippen LogP contribution in [0.4, 0.5) is 24.8 Å². The van der Waals surface area contributed by atoms with Gasteiger partial charge in [0.25, 0.3) is 0 Å². The average Bonchev–Trinajstić information content (AvgIpc) is 3.44. The van der Waals surface area contributed by atoms with Gasteiger partial charge in [-0.05, 0) is 49.2 Å². The Kier molecular flexibility index (Phi) is 5.96. The van der Waals surface area contributed by atoms with E-state index in [9.17, 15) is 4.39 Å². The van der Waals surface area contributed by atoms with Crippen molar-refractivity contribution in [1.82, 2.24) is 29.7 Å². The van der Waals surface area contributed by atoms with E-state index in [0.29, 0.717) is 24.5 Å². The van der Waals surface area contributed by atoms with Gasteiger partial charge in [-0.25, -0.2) is 13.9 Å². The molecule has 0 atom stereocenters. The molecule has 1 aliphatic rings. The fourth-order valence-corrected chi connectivity index (χ4v) is 3.92. The van der Waals surface area contributed by atoms with Crippen LogP contribution in [-0.4, -0.2) is 62.5 Å². The third-order valence-electron chi connectivity index (χ3n) is 5.78. The van der Waals surface area contributed by atoms with Gasteiger partial charge in [0, 0.05) is 43.2 Å². The van der Waals surface area contributed by atoms with E-state index in [0.717, 1.165) is 61.6 Å². The fourth-order valence-electron chi connectivity index (χ4n) is 3.92. The van der Waals surface area contributed by atoms with Crippen molar-refractivity contribution in [3.05, 3.63) is 71.1 Å². The van der Waals surface area contributed by atoms with Gasteiger partial charge in [0.05, 0.1) is 13.2 Å². The number of aryl methyl sites for hydroxylation is 1. The quantitative estimate of drug-likeness (QED) is 0.428. The number of anilines is 2. The highest BCUT2D eigenvalue weighted by Gasteiger charge is 2.39. The van der Waals surface area contributed by atoms with E-state index in [1.807, 2.05) is 13.0 Å². The van der Waals surface area contributed by atoms with E-state index in [2.05, 4.69) is 30.5 Å². The summed E-state index contributed by atoms with van der Waals surface area (Å²) in [5, 5.41) is 14.1. The van der Waals surface area contributed by atoms with E-state index in [1.54, 1.807) is 12.3 Å². The molecule has 0 unspecified atom stereocenters. The van der Waals surface area contributed by atoms with Gasteiger partial charge in [0.2, 0.25) is 5.82 Å². The van der Waals surface area contributed by atoms with Crippen LogP contribution >= 0.6 is 0 Å². The van der Waals surface area contributed by atoms with Crippen LogP contribution in [0.15, 0.2) is 42.6 Å². The summed E-state index contributed by atoms with van der Waals surface area (Å²) in [5.74, 6) is -4.17. The van der Waals surface area contributed by atoms with Gasteiger partial charge in [-0.1, -0.05) is 0 Å². The maximum Gasteiger partial charge on any atom is 0.333 e. The number of nitrogens with zero attached hydrogens (tertiary/aromatic N) is 5. The molecular weight excluding hydrogens is 447 g/mol. The van der Waals surface area contributed by atoms with Crippen LogP contribution in [-0.2, 0) is 17.1 Å². The molecule has 5 rings (SSSR count). The second-order valence-electron chi connectivity index (χ2n) is 8.31. The largest absolute Gasteiger partial charge is 0.379 e. The first-order chi connectivity index (χ1) is 16.4. The predicted octanol–water partition coefficient (Wildman–Crippen LogP) is 3.66. The number of H-pyrrole nitrogens is 1. The minimum absolute atomic E-state index is 0.205. The summed E-state index contributed by atoms with van der Waals surface area (Å²) in [7, 11) is 0.